The third-order valence-electron chi connectivity index (χ3n) is 4.12. The van der Waals surface area contributed by atoms with Gasteiger partial charge in [-0.05, 0) is 70.4 Å². The number of carbonyl (C=O) groups excluding carboxylic acids is 2. The van der Waals surface area contributed by atoms with E-state index in [0.29, 0.717) is 6.42 Å². The van der Waals surface area contributed by atoms with Gasteiger partial charge in [0.2, 0.25) is 5.43 Å². The molecule has 0 radical (unpaired) electrons. The van der Waals surface area contributed by atoms with Gasteiger partial charge in [-0.2, -0.15) is 11.3 Å². The quantitative estimate of drug-likeness (QED) is 0.776. The third kappa shape index (κ3) is 5.79. The Kier molecular flexibility index (Phi) is 6.82. The molecule has 6 nitrogen and oxygen atoms in total. The number of hydrogen-bond donors (Lipinski definition) is 2. The summed E-state index contributed by atoms with van der Waals surface area (Å²) in [5.74, 6) is -0.944. The van der Waals surface area contributed by atoms with Crippen molar-refractivity contribution < 1.29 is 9.59 Å². The molecule has 0 aliphatic heterocycles. The van der Waals surface area contributed by atoms with Crippen LogP contribution in [0.25, 0.3) is 0 Å². The molecule has 1 atom stereocenters. The van der Waals surface area contributed by atoms with E-state index in [-0.39, 0.29) is 23.2 Å². The number of carbonyl (C=O) groups is 2. The topological polar surface area (TPSA) is 80.2 Å². The molecule has 0 aliphatic rings. The van der Waals surface area contributed by atoms with Crippen molar-refractivity contribution in [2.45, 2.75) is 65.6 Å². The fourth-order valence-electron chi connectivity index (χ4n) is 2.74. The largest absolute Gasteiger partial charge is 0.350 e. The Morgan fingerprint density at radius 1 is 1.11 bits per heavy atom. The molecule has 0 saturated carbocycles. The van der Waals surface area contributed by atoms with Gasteiger partial charge in [0.05, 0.1) is 0 Å². The Hall–Kier alpha value is -2.41. The van der Waals surface area contributed by atoms with E-state index in [0.717, 1.165) is 5.56 Å². The van der Waals surface area contributed by atoms with Gasteiger partial charge in [0.1, 0.15) is 11.1 Å². The number of thiophene rings is 1. The first-order valence-corrected chi connectivity index (χ1v) is 10.3. The average molecular weight is 404 g/mol. The van der Waals surface area contributed by atoms with Crippen LogP contribution in [0.5, 0.6) is 0 Å². The van der Waals surface area contributed by atoms with Crippen LogP contribution in [-0.4, -0.2) is 28.0 Å². The monoisotopic (exact) mass is 403 g/mol. The molecule has 152 valence electrons. The summed E-state index contributed by atoms with van der Waals surface area (Å²) in [5, 5.41) is 9.69. The minimum Gasteiger partial charge on any atom is -0.350 e. The average Bonchev–Trinajstić information content (AvgIpc) is 3.05. The van der Waals surface area contributed by atoms with E-state index in [1.807, 2.05) is 58.4 Å². The Morgan fingerprint density at radius 2 is 1.71 bits per heavy atom. The van der Waals surface area contributed by atoms with Crippen molar-refractivity contribution in [3.8, 4) is 0 Å². The van der Waals surface area contributed by atoms with Crippen LogP contribution >= 0.6 is 11.3 Å². The van der Waals surface area contributed by atoms with Crippen molar-refractivity contribution in [1.29, 1.82) is 0 Å². The molecule has 0 saturated heterocycles. The molecule has 2 N–H and O–H groups in total. The predicted molar refractivity (Wildman–Crippen MR) is 113 cm³/mol. The van der Waals surface area contributed by atoms with Crippen LogP contribution < -0.4 is 16.1 Å². The highest BCUT2D eigenvalue weighted by molar-refractivity contribution is 7.07. The molecular formula is C21H29N3O3S. The van der Waals surface area contributed by atoms with Gasteiger partial charge in [0.25, 0.3) is 11.8 Å². The van der Waals surface area contributed by atoms with Crippen LogP contribution in [0.1, 0.15) is 73.9 Å². The highest BCUT2D eigenvalue weighted by atomic mass is 32.1. The number of nitrogens with zero attached hydrogens (tertiary/aromatic N) is 1. The summed E-state index contributed by atoms with van der Waals surface area (Å²) >= 11 is 1.60. The van der Waals surface area contributed by atoms with Crippen molar-refractivity contribution in [2.75, 3.05) is 0 Å². The lowest BCUT2D eigenvalue weighted by atomic mass is 10.1. The number of hydrogen-bond acceptors (Lipinski definition) is 4. The van der Waals surface area contributed by atoms with Crippen LogP contribution in [-0.2, 0) is 6.42 Å². The van der Waals surface area contributed by atoms with E-state index in [2.05, 4.69) is 10.6 Å². The molecule has 2 aromatic rings. The second-order valence-electron chi connectivity index (χ2n) is 8.37. The smallest absolute Gasteiger partial charge is 0.257 e. The molecular weight excluding hydrogens is 374 g/mol. The van der Waals surface area contributed by atoms with Crippen LogP contribution in [0.15, 0.2) is 34.0 Å². The molecule has 0 fully saturated rings. The molecule has 28 heavy (non-hydrogen) atoms. The van der Waals surface area contributed by atoms with Gasteiger partial charge in [0.15, 0.2) is 0 Å². The lowest BCUT2D eigenvalue weighted by molar-refractivity contribution is 0.0917. The van der Waals surface area contributed by atoms with Crippen molar-refractivity contribution in [3.05, 3.63) is 56.1 Å². The lowest BCUT2D eigenvalue weighted by Gasteiger charge is -2.21. The number of aromatic nitrogens is 1. The third-order valence-corrected chi connectivity index (χ3v) is 4.85. The zero-order chi connectivity index (χ0) is 21.1. The maximum atomic E-state index is 12.9. The molecule has 2 heterocycles. The summed E-state index contributed by atoms with van der Waals surface area (Å²) in [6.07, 6.45) is 3.71. The van der Waals surface area contributed by atoms with E-state index >= 15 is 0 Å². The van der Waals surface area contributed by atoms with Gasteiger partial charge < -0.3 is 15.2 Å². The fourth-order valence-corrected chi connectivity index (χ4v) is 3.42. The Labute approximate surface area is 170 Å². The minimum atomic E-state index is -0.557. The van der Waals surface area contributed by atoms with Crippen LogP contribution in [0.3, 0.4) is 0 Å². The van der Waals surface area contributed by atoms with E-state index in [9.17, 15) is 14.4 Å². The molecule has 0 unspecified atom stereocenters. The van der Waals surface area contributed by atoms with Crippen LogP contribution in [0, 0.1) is 0 Å². The van der Waals surface area contributed by atoms with Gasteiger partial charge in [-0.1, -0.05) is 0 Å². The molecule has 2 aromatic heterocycles. The van der Waals surface area contributed by atoms with Crippen molar-refractivity contribution >= 4 is 23.2 Å². The van der Waals surface area contributed by atoms with Crippen molar-refractivity contribution in [3.63, 3.8) is 0 Å². The first kappa shape index (κ1) is 21.9. The molecule has 0 aliphatic carbocycles. The summed E-state index contributed by atoms with van der Waals surface area (Å²) in [6.45, 7) is 11.3. The SMILES string of the molecule is CC(C)n1cc(C(=O)N[C@@H](C)Cc2ccsc2)c(=O)c(C(=O)NC(C)(C)C)c1. The summed E-state index contributed by atoms with van der Waals surface area (Å²) < 4.78 is 1.72. The fraction of sp³-hybridized carbons (Fsp3) is 0.476. The Balaban J connectivity index is 2.32. The second kappa shape index (κ2) is 8.73. The van der Waals surface area contributed by atoms with E-state index < -0.39 is 22.8 Å². The van der Waals surface area contributed by atoms with Gasteiger partial charge in [-0.15, -0.1) is 0 Å². The van der Waals surface area contributed by atoms with Crippen molar-refractivity contribution in [2.24, 2.45) is 0 Å². The molecule has 2 amide bonds. The summed E-state index contributed by atoms with van der Waals surface area (Å²) in [5.41, 5.74) is 0.0447. The lowest BCUT2D eigenvalue weighted by Crippen LogP contribution is -2.44. The standard InChI is InChI=1S/C21H29N3O3S/c1-13(2)24-10-16(18(25)17(11-24)20(27)23-21(4,5)6)19(26)22-14(3)9-15-7-8-28-12-15/h7-8,10-14H,9H2,1-6H3,(H,22,26)(H,23,27)/t14-/m0/s1. The number of pyridine rings is 1. The first-order chi connectivity index (χ1) is 13.0. The Bertz CT molecular complexity index is 893. The molecule has 2 rings (SSSR count). The maximum absolute atomic E-state index is 12.9. The number of rotatable bonds is 6. The van der Waals surface area contributed by atoms with Crippen molar-refractivity contribution in [1.82, 2.24) is 15.2 Å². The van der Waals surface area contributed by atoms with Crippen LogP contribution in [0.4, 0.5) is 0 Å². The second-order valence-corrected chi connectivity index (χ2v) is 9.15. The van der Waals surface area contributed by atoms with Gasteiger partial charge in [-0.3, -0.25) is 14.4 Å². The first-order valence-electron chi connectivity index (χ1n) is 9.38. The normalized spacial score (nSPS) is 12.7. The summed E-state index contributed by atoms with van der Waals surface area (Å²) in [6, 6.07) is 1.87. The predicted octanol–water partition coefficient (Wildman–Crippen LogP) is 3.38. The van der Waals surface area contributed by atoms with Gasteiger partial charge >= 0.3 is 0 Å². The highest BCUT2D eigenvalue weighted by Crippen LogP contribution is 2.11. The molecule has 7 heteroatoms. The van der Waals surface area contributed by atoms with E-state index in [1.165, 1.54) is 12.4 Å². The number of amides is 2. The molecule has 0 aromatic carbocycles. The summed E-state index contributed by atoms with van der Waals surface area (Å²) in [7, 11) is 0. The maximum Gasteiger partial charge on any atom is 0.257 e. The molecule has 0 spiro atoms. The highest BCUT2D eigenvalue weighted by Gasteiger charge is 2.23. The minimum absolute atomic E-state index is 0.00318. The van der Waals surface area contributed by atoms with E-state index in [4.69, 9.17) is 0 Å². The number of nitrogens with one attached hydrogen (secondary N) is 2. The van der Waals surface area contributed by atoms with Gasteiger partial charge in [0, 0.05) is 30.0 Å². The zero-order valence-electron chi connectivity index (χ0n) is 17.3. The molecule has 0 bridgehead atoms. The zero-order valence-corrected chi connectivity index (χ0v) is 18.1. The van der Waals surface area contributed by atoms with Gasteiger partial charge in [-0.25, -0.2) is 0 Å². The Morgan fingerprint density at radius 3 is 2.21 bits per heavy atom. The van der Waals surface area contributed by atoms with E-state index in [1.54, 1.807) is 15.9 Å². The summed E-state index contributed by atoms with van der Waals surface area (Å²) in [4.78, 5) is 38.3. The van der Waals surface area contributed by atoms with Crippen LogP contribution in [0.2, 0.25) is 0 Å².